The van der Waals surface area contributed by atoms with Crippen molar-refractivity contribution in [3.63, 3.8) is 0 Å². The van der Waals surface area contributed by atoms with Crippen molar-refractivity contribution in [2.24, 2.45) is 0 Å². The van der Waals surface area contributed by atoms with Gasteiger partial charge in [-0.05, 0) is 58.6 Å². The number of ketones is 1. The van der Waals surface area contributed by atoms with Crippen molar-refractivity contribution in [2.75, 3.05) is 41.4 Å². The van der Waals surface area contributed by atoms with Crippen LogP contribution in [0.4, 0.5) is 0 Å². The smallest absolute Gasteiger partial charge is 0.295 e. The lowest BCUT2D eigenvalue weighted by Gasteiger charge is -2.26. The maximum absolute atomic E-state index is 13.2. The lowest BCUT2D eigenvalue weighted by molar-refractivity contribution is -0.139. The number of ether oxygens (including phenoxy) is 2. The lowest BCUT2D eigenvalue weighted by Crippen LogP contribution is -2.32. The van der Waals surface area contributed by atoms with Gasteiger partial charge in [-0.1, -0.05) is 6.07 Å². The first kappa shape index (κ1) is 24.2. The van der Waals surface area contributed by atoms with Gasteiger partial charge in [0, 0.05) is 12.7 Å². The molecule has 1 amide bonds. The molecule has 0 spiro atoms. The van der Waals surface area contributed by atoms with Crippen LogP contribution in [0.15, 0.2) is 30.0 Å². The van der Waals surface area contributed by atoms with E-state index < -0.39 is 17.7 Å². The zero-order chi connectivity index (χ0) is 24.3. The minimum absolute atomic E-state index is 0.00706. The maximum Gasteiger partial charge on any atom is 0.295 e. The molecule has 1 N–H and O–H groups in total. The van der Waals surface area contributed by atoms with E-state index >= 15 is 0 Å². The second-order valence-electron chi connectivity index (χ2n) is 8.18. The van der Waals surface area contributed by atoms with Crippen molar-refractivity contribution >= 4 is 17.4 Å². The van der Waals surface area contributed by atoms with Gasteiger partial charge < -0.3 is 24.4 Å². The van der Waals surface area contributed by atoms with Gasteiger partial charge >= 0.3 is 0 Å². The van der Waals surface area contributed by atoms with Gasteiger partial charge in [0.1, 0.15) is 11.6 Å². The Morgan fingerprint density at radius 1 is 1.15 bits per heavy atom. The van der Waals surface area contributed by atoms with Crippen LogP contribution in [0.25, 0.3) is 5.76 Å². The SMILES string of the molecule is COc1ccc(C2/C(=C(\O)c3cnc(C)nc3C)C(=O)C(=O)N2CCCN(C)C)cc1OC. The second kappa shape index (κ2) is 9.99. The van der Waals surface area contributed by atoms with Crippen LogP contribution in [0.5, 0.6) is 11.5 Å². The van der Waals surface area contributed by atoms with Crippen LogP contribution in [0.3, 0.4) is 0 Å². The number of carbonyl (C=O) groups excluding carboxylic acids is 2. The molecule has 0 saturated carbocycles. The molecule has 1 aromatic carbocycles. The van der Waals surface area contributed by atoms with Gasteiger partial charge in [-0.15, -0.1) is 0 Å². The molecule has 3 rings (SSSR count). The van der Waals surface area contributed by atoms with Crippen molar-refractivity contribution in [2.45, 2.75) is 26.3 Å². The highest BCUT2D eigenvalue weighted by Gasteiger charge is 2.46. The first-order valence-corrected chi connectivity index (χ1v) is 10.6. The molecule has 9 heteroatoms. The summed E-state index contributed by atoms with van der Waals surface area (Å²) in [6.45, 7) is 4.56. The van der Waals surface area contributed by atoms with E-state index in [2.05, 4.69) is 9.97 Å². The third kappa shape index (κ3) is 4.83. The lowest BCUT2D eigenvalue weighted by atomic mass is 9.95. The largest absolute Gasteiger partial charge is 0.507 e. The number of methoxy groups -OCH3 is 2. The van der Waals surface area contributed by atoms with Crippen molar-refractivity contribution in [1.82, 2.24) is 19.8 Å². The van der Waals surface area contributed by atoms with Gasteiger partial charge in [-0.2, -0.15) is 0 Å². The van der Waals surface area contributed by atoms with Crippen LogP contribution < -0.4 is 9.47 Å². The first-order valence-electron chi connectivity index (χ1n) is 10.6. The van der Waals surface area contributed by atoms with Crippen LogP contribution in [0, 0.1) is 13.8 Å². The van der Waals surface area contributed by atoms with Crippen LogP contribution in [-0.2, 0) is 9.59 Å². The van der Waals surface area contributed by atoms with E-state index in [1.165, 1.54) is 25.3 Å². The summed E-state index contributed by atoms with van der Waals surface area (Å²) in [7, 11) is 6.94. The second-order valence-corrected chi connectivity index (χ2v) is 8.18. The number of aromatic nitrogens is 2. The van der Waals surface area contributed by atoms with Gasteiger partial charge in [0.15, 0.2) is 11.5 Å². The fourth-order valence-electron chi connectivity index (χ4n) is 4.00. The monoisotopic (exact) mass is 454 g/mol. The molecule has 0 bridgehead atoms. The van der Waals surface area contributed by atoms with E-state index in [1.807, 2.05) is 19.0 Å². The molecular weight excluding hydrogens is 424 g/mol. The van der Waals surface area contributed by atoms with Crippen LogP contribution in [0.1, 0.15) is 35.1 Å². The fourth-order valence-corrected chi connectivity index (χ4v) is 4.00. The number of hydrogen-bond donors (Lipinski definition) is 1. The van der Waals surface area contributed by atoms with Crippen molar-refractivity contribution in [1.29, 1.82) is 0 Å². The summed E-state index contributed by atoms with van der Waals surface area (Å²) in [5.74, 6) is -0.152. The van der Waals surface area contributed by atoms with E-state index in [-0.39, 0.29) is 11.3 Å². The normalized spacial score (nSPS) is 17.7. The van der Waals surface area contributed by atoms with E-state index in [9.17, 15) is 14.7 Å². The van der Waals surface area contributed by atoms with Crippen LogP contribution in [-0.4, -0.2) is 78.0 Å². The average Bonchev–Trinajstić information content (AvgIpc) is 3.03. The third-order valence-electron chi connectivity index (χ3n) is 5.62. The number of Topliss-reactive ketones (excluding diaryl/α,β-unsaturated/α-hetero) is 1. The molecule has 33 heavy (non-hydrogen) atoms. The Morgan fingerprint density at radius 2 is 1.85 bits per heavy atom. The molecule has 0 radical (unpaired) electrons. The molecule has 1 fully saturated rings. The van der Waals surface area contributed by atoms with Crippen LogP contribution >= 0.6 is 0 Å². The molecule has 1 unspecified atom stereocenters. The van der Waals surface area contributed by atoms with E-state index in [0.29, 0.717) is 47.1 Å². The standard InChI is InChI=1S/C24H30N4O5/c1-14-17(13-25-15(2)26-14)22(29)20-21(16-8-9-18(32-5)19(12-16)33-6)28(24(31)23(20)30)11-7-10-27(3)4/h8-9,12-13,21,29H,7,10-11H2,1-6H3/b22-20+. The number of aliphatic hydroxyl groups is 1. The van der Waals surface area contributed by atoms with E-state index in [1.54, 1.807) is 32.0 Å². The van der Waals surface area contributed by atoms with Crippen molar-refractivity contribution in [3.8, 4) is 11.5 Å². The van der Waals surface area contributed by atoms with E-state index in [0.717, 1.165) is 6.54 Å². The quantitative estimate of drug-likeness (QED) is 0.369. The number of amides is 1. The Hall–Kier alpha value is -3.46. The number of benzene rings is 1. The number of aryl methyl sites for hydroxylation is 2. The van der Waals surface area contributed by atoms with Gasteiger partial charge in [-0.3, -0.25) is 9.59 Å². The molecular formula is C24H30N4O5. The van der Waals surface area contributed by atoms with Gasteiger partial charge in [0.2, 0.25) is 0 Å². The Bertz CT molecular complexity index is 1100. The molecule has 1 aliphatic heterocycles. The molecule has 9 nitrogen and oxygen atoms in total. The molecule has 1 saturated heterocycles. The Balaban J connectivity index is 2.17. The van der Waals surface area contributed by atoms with Crippen molar-refractivity contribution < 1.29 is 24.2 Å². The highest BCUT2D eigenvalue weighted by atomic mass is 16.5. The molecule has 1 atom stereocenters. The number of nitrogens with zero attached hydrogens (tertiary/aromatic N) is 4. The van der Waals surface area contributed by atoms with Crippen LogP contribution in [0.2, 0.25) is 0 Å². The van der Waals surface area contributed by atoms with Crippen molar-refractivity contribution in [3.05, 3.63) is 52.6 Å². The fraction of sp³-hybridized carbons (Fsp3) is 0.417. The molecule has 0 aliphatic carbocycles. The summed E-state index contributed by atoms with van der Waals surface area (Å²) >= 11 is 0. The Kier molecular flexibility index (Phi) is 7.33. The highest BCUT2D eigenvalue weighted by Crippen LogP contribution is 2.42. The predicted molar refractivity (Wildman–Crippen MR) is 123 cm³/mol. The summed E-state index contributed by atoms with van der Waals surface area (Å²) in [5, 5.41) is 11.2. The maximum atomic E-state index is 13.2. The van der Waals surface area contributed by atoms with E-state index in [4.69, 9.17) is 9.47 Å². The van der Waals surface area contributed by atoms with Gasteiger partial charge in [0.25, 0.3) is 11.7 Å². The predicted octanol–water partition coefficient (Wildman–Crippen LogP) is 2.48. The summed E-state index contributed by atoms with van der Waals surface area (Å²) in [6, 6.07) is 4.42. The first-order chi connectivity index (χ1) is 15.7. The topological polar surface area (TPSA) is 105 Å². The summed E-state index contributed by atoms with van der Waals surface area (Å²) < 4.78 is 10.8. The summed E-state index contributed by atoms with van der Waals surface area (Å²) in [4.78, 5) is 38.2. The molecule has 1 aliphatic rings. The molecule has 176 valence electrons. The van der Waals surface area contributed by atoms with Gasteiger partial charge in [-0.25, -0.2) is 9.97 Å². The summed E-state index contributed by atoms with van der Waals surface area (Å²) in [5.41, 5.74) is 1.47. The zero-order valence-electron chi connectivity index (χ0n) is 19.9. The van der Waals surface area contributed by atoms with Gasteiger partial charge in [0.05, 0.1) is 37.1 Å². The minimum Gasteiger partial charge on any atom is -0.507 e. The number of aliphatic hydroxyl groups excluding tert-OH is 1. The zero-order valence-corrected chi connectivity index (χ0v) is 19.9. The number of hydrogen-bond acceptors (Lipinski definition) is 8. The molecule has 2 heterocycles. The number of carbonyl (C=O) groups is 2. The summed E-state index contributed by atoms with van der Waals surface area (Å²) in [6.07, 6.45) is 2.13. The Morgan fingerprint density at radius 3 is 2.45 bits per heavy atom. The Labute approximate surface area is 193 Å². The third-order valence-corrected chi connectivity index (χ3v) is 5.62. The average molecular weight is 455 g/mol. The highest BCUT2D eigenvalue weighted by molar-refractivity contribution is 6.46. The number of likely N-dealkylation sites (tertiary alicyclic amines) is 1. The minimum atomic E-state index is -0.785. The molecule has 2 aromatic rings. The molecule has 1 aromatic heterocycles. The number of rotatable bonds is 8.